The molecule has 0 radical (unpaired) electrons. The van der Waals surface area contributed by atoms with Crippen molar-refractivity contribution in [3.05, 3.63) is 17.0 Å². The average Bonchev–Trinajstić information content (AvgIpc) is 3.05. The Balaban J connectivity index is 1.51. The van der Waals surface area contributed by atoms with Crippen molar-refractivity contribution in [3.8, 4) is 0 Å². The van der Waals surface area contributed by atoms with Crippen molar-refractivity contribution in [1.82, 2.24) is 10.1 Å². The van der Waals surface area contributed by atoms with Crippen LogP contribution in [0.1, 0.15) is 50.1 Å². The molecule has 2 aliphatic heterocycles. The molecular formula is C18H30N2O3. The third-order valence-corrected chi connectivity index (χ3v) is 5.05. The summed E-state index contributed by atoms with van der Waals surface area (Å²) in [6, 6.07) is 0.532. The van der Waals surface area contributed by atoms with E-state index in [0.717, 1.165) is 50.6 Å². The second-order valence-corrected chi connectivity index (χ2v) is 7.43. The standard InChI is InChI=1S/C18H30N2O3/c1-12(2)10-21-11-15-5-6-17-18(22-15)7-8-20(17)9-16-13(3)19-23-14(16)4/h12,15,17-18H,5-11H2,1-4H3/t15-,17-,18-/m0/s1. The van der Waals surface area contributed by atoms with Gasteiger partial charge in [-0.05, 0) is 39.0 Å². The van der Waals surface area contributed by atoms with E-state index in [-0.39, 0.29) is 6.10 Å². The van der Waals surface area contributed by atoms with Crippen LogP contribution in [0.2, 0.25) is 0 Å². The molecule has 0 bridgehead atoms. The van der Waals surface area contributed by atoms with Crippen molar-refractivity contribution in [2.24, 2.45) is 5.92 Å². The third kappa shape index (κ3) is 3.95. The molecule has 0 aromatic carbocycles. The highest BCUT2D eigenvalue weighted by Gasteiger charge is 2.40. The first-order valence-electron chi connectivity index (χ1n) is 8.93. The number of aromatic nitrogens is 1. The highest BCUT2D eigenvalue weighted by Crippen LogP contribution is 2.33. The van der Waals surface area contributed by atoms with Gasteiger partial charge in [0.05, 0.1) is 24.5 Å². The van der Waals surface area contributed by atoms with Gasteiger partial charge in [0, 0.05) is 31.3 Å². The lowest BCUT2D eigenvalue weighted by Gasteiger charge is -2.36. The fourth-order valence-electron chi connectivity index (χ4n) is 3.77. The molecule has 1 aromatic rings. The van der Waals surface area contributed by atoms with Crippen LogP contribution in [-0.4, -0.2) is 48.1 Å². The number of fused-ring (bicyclic) bond motifs is 1. The molecule has 5 heteroatoms. The Morgan fingerprint density at radius 3 is 2.78 bits per heavy atom. The average molecular weight is 322 g/mol. The van der Waals surface area contributed by atoms with Gasteiger partial charge in [-0.2, -0.15) is 0 Å². The molecular weight excluding hydrogens is 292 g/mol. The SMILES string of the molecule is Cc1noc(C)c1CN1CC[C@@H]2O[C@H](COCC(C)C)CC[C@@H]21. The molecule has 0 amide bonds. The molecule has 5 nitrogen and oxygen atoms in total. The second kappa shape index (κ2) is 7.32. The van der Waals surface area contributed by atoms with Gasteiger partial charge in [0.2, 0.25) is 0 Å². The van der Waals surface area contributed by atoms with E-state index in [0.29, 0.717) is 18.1 Å². The van der Waals surface area contributed by atoms with E-state index in [4.69, 9.17) is 14.0 Å². The molecule has 2 fully saturated rings. The van der Waals surface area contributed by atoms with E-state index in [1.54, 1.807) is 0 Å². The topological polar surface area (TPSA) is 47.7 Å². The fraction of sp³-hybridized carbons (Fsp3) is 0.833. The lowest BCUT2D eigenvalue weighted by atomic mass is 9.99. The first kappa shape index (κ1) is 16.9. The lowest BCUT2D eigenvalue weighted by molar-refractivity contribution is -0.102. The van der Waals surface area contributed by atoms with Crippen molar-refractivity contribution in [3.63, 3.8) is 0 Å². The van der Waals surface area contributed by atoms with Crippen molar-refractivity contribution in [2.75, 3.05) is 19.8 Å². The first-order chi connectivity index (χ1) is 11.0. The van der Waals surface area contributed by atoms with Crippen molar-refractivity contribution in [2.45, 2.75) is 71.8 Å². The lowest BCUT2D eigenvalue weighted by Crippen LogP contribution is -2.43. The number of ether oxygens (including phenoxy) is 2. The zero-order valence-corrected chi connectivity index (χ0v) is 14.9. The first-order valence-corrected chi connectivity index (χ1v) is 8.93. The van der Waals surface area contributed by atoms with Crippen molar-refractivity contribution < 1.29 is 14.0 Å². The summed E-state index contributed by atoms with van der Waals surface area (Å²) in [6.45, 7) is 12.0. The van der Waals surface area contributed by atoms with Crippen LogP contribution in [0.15, 0.2) is 4.52 Å². The predicted octanol–water partition coefficient (Wildman–Crippen LogP) is 3.09. The molecule has 0 saturated carbocycles. The Morgan fingerprint density at radius 1 is 1.26 bits per heavy atom. The minimum Gasteiger partial charge on any atom is -0.378 e. The summed E-state index contributed by atoms with van der Waals surface area (Å²) in [6.07, 6.45) is 4.04. The number of hydrogen-bond acceptors (Lipinski definition) is 5. The number of rotatable bonds is 6. The molecule has 0 N–H and O–H groups in total. The predicted molar refractivity (Wildman–Crippen MR) is 88.3 cm³/mol. The Morgan fingerprint density at radius 2 is 2.09 bits per heavy atom. The zero-order valence-electron chi connectivity index (χ0n) is 14.9. The molecule has 3 atom stereocenters. The van der Waals surface area contributed by atoms with Gasteiger partial charge >= 0.3 is 0 Å². The van der Waals surface area contributed by atoms with Crippen LogP contribution in [0.5, 0.6) is 0 Å². The summed E-state index contributed by atoms with van der Waals surface area (Å²) in [5.41, 5.74) is 2.26. The van der Waals surface area contributed by atoms with Gasteiger partial charge in [-0.1, -0.05) is 19.0 Å². The Bertz CT molecular complexity index is 495. The maximum atomic E-state index is 6.30. The summed E-state index contributed by atoms with van der Waals surface area (Å²) in [4.78, 5) is 2.54. The molecule has 0 unspecified atom stereocenters. The van der Waals surface area contributed by atoms with E-state index in [1.165, 1.54) is 12.0 Å². The van der Waals surface area contributed by atoms with Gasteiger partial charge in [0.1, 0.15) is 5.76 Å². The van der Waals surface area contributed by atoms with Crippen LogP contribution in [-0.2, 0) is 16.0 Å². The number of hydrogen-bond donors (Lipinski definition) is 0. The van der Waals surface area contributed by atoms with Crippen LogP contribution >= 0.6 is 0 Å². The van der Waals surface area contributed by atoms with E-state index in [1.807, 2.05) is 13.8 Å². The molecule has 0 aliphatic carbocycles. The normalized spacial score (nSPS) is 28.5. The van der Waals surface area contributed by atoms with Gasteiger partial charge in [-0.25, -0.2) is 0 Å². The summed E-state index contributed by atoms with van der Waals surface area (Å²) in [5, 5.41) is 4.07. The van der Waals surface area contributed by atoms with Crippen LogP contribution < -0.4 is 0 Å². The highest BCUT2D eigenvalue weighted by atomic mass is 16.5. The van der Waals surface area contributed by atoms with E-state index >= 15 is 0 Å². The van der Waals surface area contributed by atoms with E-state index in [9.17, 15) is 0 Å². The monoisotopic (exact) mass is 322 g/mol. The molecule has 3 rings (SSSR count). The maximum absolute atomic E-state index is 6.30. The second-order valence-electron chi connectivity index (χ2n) is 7.43. The Hall–Kier alpha value is -0.910. The molecule has 2 aliphatic rings. The van der Waals surface area contributed by atoms with Gasteiger partial charge in [-0.15, -0.1) is 0 Å². The number of nitrogens with zero attached hydrogens (tertiary/aromatic N) is 2. The molecule has 3 heterocycles. The minimum absolute atomic E-state index is 0.272. The van der Waals surface area contributed by atoms with Crippen LogP contribution in [0, 0.1) is 19.8 Å². The summed E-state index contributed by atoms with van der Waals surface area (Å²) < 4.78 is 17.4. The van der Waals surface area contributed by atoms with E-state index < -0.39 is 0 Å². The summed E-state index contributed by atoms with van der Waals surface area (Å²) in [7, 11) is 0. The van der Waals surface area contributed by atoms with Gasteiger partial charge in [0.25, 0.3) is 0 Å². The van der Waals surface area contributed by atoms with Gasteiger partial charge in [0.15, 0.2) is 0 Å². The molecule has 1 aromatic heterocycles. The molecule has 0 spiro atoms. The zero-order chi connectivity index (χ0) is 16.4. The Kier molecular flexibility index (Phi) is 5.39. The maximum Gasteiger partial charge on any atom is 0.138 e. The van der Waals surface area contributed by atoms with Crippen LogP contribution in [0.25, 0.3) is 0 Å². The summed E-state index contributed by atoms with van der Waals surface area (Å²) in [5.74, 6) is 1.53. The van der Waals surface area contributed by atoms with Crippen molar-refractivity contribution in [1.29, 1.82) is 0 Å². The van der Waals surface area contributed by atoms with Crippen LogP contribution in [0.4, 0.5) is 0 Å². The number of likely N-dealkylation sites (tertiary alicyclic amines) is 1. The van der Waals surface area contributed by atoms with Gasteiger partial charge < -0.3 is 14.0 Å². The largest absolute Gasteiger partial charge is 0.378 e. The van der Waals surface area contributed by atoms with Crippen molar-refractivity contribution >= 4 is 0 Å². The quantitative estimate of drug-likeness (QED) is 0.805. The third-order valence-electron chi connectivity index (χ3n) is 5.05. The Labute approximate surface area is 139 Å². The molecule has 2 saturated heterocycles. The number of aryl methyl sites for hydroxylation is 2. The van der Waals surface area contributed by atoms with E-state index in [2.05, 4.69) is 23.9 Å². The molecule has 23 heavy (non-hydrogen) atoms. The molecule has 130 valence electrons. The minimum atomic E-state index is 0.272. The highest BCUT2D eigenvalue weighted by molar-refractivity contribution is 5.21. The summed E-state index contributed by atoms with van der Waals surface area (Å²) >= 11 is 0. The van der Waals surface area contributed by atoms with Gasteiger partial charge in [-0.3, -0.25) is 4.90 Å². The van der Waals surface area contributed by atoms with Crippen LogP contribution in [0.3, 0.4) is 0 Å². The smallest absolute Gasteiger partial charge is 0.138 e. The fourth-order valence-corrected chi connectivity index (χ4v) is 3.77.